The van der Waals surface area contributed by atoms with Crippen molar-refractivity contribution < 1.29 is 161 Å². The number of hydrogen-bond donors (Lipinski definition) is 0. The predicted molar refractivity (Wildman–Crippen MR) is 24.9 cm³/mol. The molecule has 0 aromatic carbocycles. The minimum Gasteiger partial charge on any atom is -2.00 e. The maximum atomic E-state index is 8.55. The molecule has 0 saturated carbocycles. The molecular weight excluding hydrogens is 593 g/mol. The van der Waals surface area contributed by atoms with Crippen molar-refractivity contribution in [2.75, 3.05) is 0 Å². The van der Waals surface area contributed by atoms with Gasteiger partial charge in [0.15, 0.2) is 0 Å². The third kappa shape index (κ3) is 1580. The monoisotopic (exact) mass is 593 g/mol. The van der Waals surface area contributed by atoms with Crippen molar-refractivity contribution >= 4 is 23.5 Å². The zero-order valence-corrected chi connectivity index (χ0v) is 18.6. The van der Waals surface area contributed by atoms with Crippen LogP contribution in [0.4, 0.5) is 0 Å². The van der Waals surface area contributed by atoms with Crippen molar-refractivity contribution in [1.82, 2.24) is 0 Å². The van der Waals surface area contributed by atoms with Crippen LogP contribution in [0.5, 0.6) is 0 Å². The van der Waals surface area contributed by atoms with Gasteiger partial charge in [-0.1, -0.05) is 0 Å². The maximum absolute atomic E-state index is 8.55. The molecule has 0 aliphatic rings. The Labute approximate surface area is 183 Å². The molecule has 0 aliphatic carbocycles. The first-order valence-electron chi connectivity index (χ1n) is 2.19. The Kier molecular flexibility index (Phi) is 102. The van der Waals surface area contributed by atoms with Crippen LogP contribution >= 0.6 is 23.5 Å². The van der Waals surface area contributed by atoms with Crippen molar-refractivity contribution in [1.29, 1.82) is 0 Å². The van der Waals surface area contributed by atoms with Gasteiger partial charge >= 0.3 is 86.8 Å². The van der Waals surface area contributed by atoms with Gasteiger partial charge in [-0.05, 0) is 0 Å². The van der Waals surface area contributed by atoms with Crippen LogP contribution in [-0.4, -0.2) is 0 Å². The van der Waals surface area contributed by atoms with Crippen molar-refractivity contribution in [2.24, 2.45) is 0 Å². The van der Waals surface area contributed by atoms with Gasteiger partial charge in [-0.25, -0.2) is 0 Å². The minimum atomic E-state index is -5.39. The normalized spacial score (nSPS) is 7.70. The Morgan fingerprint density at radius 3 is 0.348 bits per heavy atom. The van der Waals surface area contributed by atoms with E-state index in [1.165, 1.54) is 0 Å². The van der Waals surface area contributed by atoms with E-state index in [2.05, 4.69) is 0 Å². The molecule has 0 rings (SSSR count). The summed E-state index contributed by atoms with van der Waals surface area (Å²) in [5.41, 5.74) is 0. The Hall–Kier alpha value is 2.87. The summed E-state index contributed by atoms with van der Waals surface area (Å²) < 4.78 is 25.6. The van der Waals surface area contributed by atoms with Crippen LogP contribution in [0, 0.1) is 0 Å². The Morgan fingerprint density at radius 1 is 0.348 bits per heavy atom. The summed E-state index contributed by atoms with van der Waals surface area (Å²) in [7, 11) is -16.2. The van der Waals surface area contributed by atoms with Gasteiger partial charge in [0.1, 0.15) is 0 Å². The van der Waals surface area contributed by atoms with E-state index < -0.39 is 23.5 Å². The molecule has 0 aliphatic heterocycles. The van der Waals surface area contributed by atoms with Gasteiger partial charge in [0.25, 0.3) is 0 Å². The topological polar surface area (TPSA) is 344 Å². The first kappa shape index (κ1) is 72.4. The van der Waals surface area contributed by atoms with Crippen LogP contribution in [0.25, 0.3) is 0 Å². The second kappa shape index (κ2) is 32.5. The molecule has 0 aromatic heterocycles. The molecule has 23 heteroatoms. The Balaban J connectivity index is -0.00000000889. The van der Waals surface area contributed by atoms with Crippen LogP contribution in [0.15, 0.2) is 0 Å². The van der Waals surface area contributed by atoms with Crippen molar-refractivity contribution in [2.45, 2.75) is 0 Å². The third-order valence-electron chi connectivity index (χ3n) is 0. The van der Waals surface area contributed by atoms with Gasteiger partial charge < -0.3 is 74.2 Å². The second-order valence-corrected chi connectivity index (χ2v) is 4.02. The summed E-state index contributed by atoms with van der Waals surface area (Å²) in [6.07, 6.45) is 0. The van der Waals surface area contributed by atoms with Gasteiger partial charge in [-0.15, -0.1) is 0 Å². The Bertz CT molecular complexity index is 215. The van der Waals surface area contributed by atoms with Gasteiger partial charge in [-0.2, -0.15) is 23.5 Å². The van der Waals surface area contributed by atoms with E-state index in [1.54, 1.807) is 0 Å². The smallest absolute Gasteiger partial charge is 2.00 e. The first-order valence-corrected chi connectivity index (χ1v) is 6.57. The molecule has 135 valence electrons. The predicted octanol–water partition coefficient (Wildman–Crippen LogP) is -8.84. The van der Waals surface area contributed by atoms with E-state index in [4.69, 9.17) is 57.7 Å². The molecule has 0 unspecified atom stereocenters. The summed E-state index contributed by atoms with van der Waals surface area (Å²) in [6, 6.07) is 0. The summed E-state index contributed by atoms with van der Waals surface area (Å²) in [5, 5.41) is 0. The van der Waals surface area contributed by atoms with Gasteiger partial charge in [-0.3, -0.25) is 0 Å². The molecule has 0 saturated heterocycles. The number of phosphoric acid groups is 3. The zero-order valence-electron chi connectivity index (χ0n) is 9.51. The van der Waals surface area contributed by atoms with Crippen LogP contribution in [0.1, 0.15) is 0 Å². The van der Waals surface area contributed by atoms with E-state index >= 15 is 0 Å². The molecule has 0 aromatic rings. The molecule has 0 fully saturated rings. The van der Waals surface area contributed by atoms with Gasteiger partial charge in [0.05, 0.1) is 0 Å². The molecule has 0 heterocycles. The molecule has 0 spiro atoms. The first-order chi connectivity index (χ1) is 6.00. The summed E-state index contributed by atoms with van der Waals surface area (Å²) in [4.78, 5) is 76.9. The molecular formula is Cr5O15P3. The second-order valence-electron chi connectivity index (χ2n) is 1.34. The number of hydrogen-bond acceptors (Lipinski definition) is 12. The molecule has 23 heavy (non-hydrogen) atoms. The van der Waals surface area contributed by atoms with E-state index in [-0.39, 0.29) is 103 Å². The minimum absolute atomic E-state index is 0. The average molecular weight is 593 g/mol. The molecule has 0 atom stereocenters. The van der Waals surface area contributed by atoms with Crippen LogP contribution in [-0.2, 0) is 117 Å². The van der Waals surface area contributed by atoms with E-state index in [0.29, 0.717) is 0 Å². The van der Waals surface area contributed by atoms with Gasteiger partial charge in [0, 0.05) is 0 Å². The SMILES string of the molecule is O=P([O-])([O-])[O-].O=P([O-])([O-])[O-].O=P([O-])([O-])[O-].[Cr+3].[Cr+3].[Cr+3].[Cr+3].[Cr+3].[O-2].[O-2].[O-2]. The average Bonchev–Trinajstić information content (AvgIpc) is 1.41. The van der Waals surface area contributed by atoms with Crippen molar-refractivity contribution in [3.63, 3.8) is 0 Å². The molecule has 15 nitrogen and oxygen atoms in total. The van der Waals surface area contributed by atoms with E-state index in [0.717, 1.165) is 0 Å². The molecule has 0 bridgehead atoms. The van der Waals surface area contributed by atoms with Crippen molar-refractivity contribution in [3.05, 3.63) is 0 Å². The zero-order chi connectivity index (χ0) is 13.5. The molecule has 0 N–H and O–H groups in total. The Morgan fingerprint density at radius 2 is 0.348 bits per heavy atom. The fourth-order valence-electron chi connectivity index (χ4n) is 0. The fraction of sp³-hybridized carbons (Fsp3) is 0. The quantitative estimate of drug-likeness (QED) is 0.236. The molecule has 5 radical (unpaired) electrons. The molecule has 0 amide bonds. The van der Waals surface area contributed by atoms with Crippen LogP contribution < -0.4 is 44.0 Å². The van der Waals surface area contributed by atoms with E-state index in [1.807, 2.05) is 0 Å². The fourth-order valence-corrected chi connectivity index (χ4v) is 0. The number of rotatable bonds is 0. The van der Waals surface area contributed by atoms with Crippen LogP contribution in [0.3, 0.4) is 0 Å². The van der Waals surface area contributed by atoms with Crippen molar-refractivity contribution in [3.8, 4) is 0 Å². The van der Waals surface area contributed by atoms with E-state index in [9.17, 15) is 0 Å². The summed E-state index contributed by atoms with van der Waals surface area (Å²) in [6.45, 7) is 0. The summed E-state index contributed by atoms with van der Waals surface area (Å²) >= 11 is 0. The van der Waals surface area contributed by atoms with Gasteiger partial charge in [0.2, 0.25) is 0 Å². The van der Waals surface area contributed by atoms with Crippen LogP contribution in [0.2, 0.25) is 0 Å². The largest absolute Gasteiger partial charge is 3.00 e. The maximum Gasteiger partial charge on any atom is 3.00 e. The standard InChI is InChI=1S/5Cr.3H3O4P.3O/c;;;;;3*1-5(2,3)4;;;/h;;;;;3*(H3,1,2,3,4);;;/q5*+3;;;;3*-2/p-9. The summed E-state index contributed by atoms with van der Waals surface area (Å²) in [5.74, 6) is 0. The third-order valence-corrected chi connectivity index (χ3v) is 0.